The maximum Gasteiger partial charge on any atom is 0.311 e. The van der Waals surface area contributed by atoms with E-state index in [1.807, 2.05) is 31.2 Å². The van der Waals surface area contributed by atoms with Crippen LogP contribution in [0, 0.1) is 30.1 Å². The number of likely N-dealkylation sites (tertiary alicyclic amines) is 1. The van der Waals surface area contributed by atoms with Crippen molar-refractivity contribution < 1.29 is 19.1 Å². The average Bonchev–Trinajstić information content (AvgIpc) is 3.62. The minimum absolute atomic E-state index is 0.105. The van der Waals surface area contributed by atoms with E-state index in [0.717, 1.165) is 24.0 Å². The molecule has 0 bridgehead atoms. The topological polar surface area (TPSA) is 99.5 Å². The van der Waals surface area contributed by atoms with Gasteiger partial charge in [0.2, 0.25) is 11.8 Å². The highest BCUT2D eigenvalue weighted by atomic mass is 16.5. The molecule has 170 valence electrons. The molecule has 2 fully saturated rings. The van der Waals surface area contributed by atoms with Crippen LogP contribution in [0.1, 0.15) is 47.6 Å². The number of carbonyl (C=O) groups is 3. The zero-order valence-electron chi connectivity index (χ0n) is 18.8. The van der Waals surface area contributed by atoms with E-state index in [2.05, 4.69) is 11.4 Å². The summed E-state index contributed by atoms with van der Waals surface area (Å²) in [6, 6.07) is 15.4. The van der Waals surface area contributed by atoms with Crippen LogP contribution >= 0.6 is 0 Å². The minimum atomic E-state index is -0.770. The van der Waals surface area contributed by atoms with Crippen molar-refractivity contribution in [3.63, 3.8) is 0 Å². The van der Waals surface area contributed by atoms with Gasteiger partial charge in [0.15, 0.2) is 0 Å². The Balaban J connectivity index is 1.63. The third-order valence-electron chi connectivity index (χ3n) is 6.45. The van der Waals surface area contributed by atoms with Crippen molar-refractivity contribution in [2.24, 2.45) is 11.8 Å². The van der Waals surface area contributed by atoms with Crippen LogP contribution in [0.5, 0.6) is 0 Å². The summed E-state index contributed by atoms with van der Waals surface area (Å²) in [7, 11) is 1.32. The van der Waals surface area contributed by atoms with Crippen LogP contribution in [0.2, 0.25) is 0 Å². The number of hydrogen-bond donors (Lipinski definition) is 1. The van der Waals surface area contributed by atoms with E-state index >= 15 is 0 Å². The lowest BCUT2D eigenvalue weighted by Crippen LogP contribution is -2.47. The molecule has 2 aromatic carbocycles. The zero-order valence-corrected chi connectivity index (χ0v) is 18.8. The number of esters is 1. The molecule has 4 rings (SSSR count). The number of benzene rings is 2. The van der Waals surface area contributed by atoms with Gasteiger partial charge in [-0.15, -0.1) is 0 Å². The molecule has 0 aromatic heterocycles. The molecule has 2 aromatic rings. The lowest BCUT2D eigenvalue weighted by molar-refractivity contribution is -0.147. The fourth-order valence-corrected chi connectivity index (χ4v) is 4.47. The number of nitrogens with zero attached hydrogens (tertiary/aromatic N) is 2. The van der Waals surface area contributed by atoms with Crippen molar-refractivity contribution in [1.29, 1.82) is 5.26 Å². The molecule has 0 spiro atoms. The first-order valence-electron chi connectivity index (χ1n) is 11.2. The number of methoxy groups -OCH3 is 1. The lowest BCUT2D eigenvalue weighted by Gasteiger charge is -2.31. The normalized spacial score (nSPS) is 21.8. The Hall–Kier alpha value is -3.66. The van der Waals surface area contributed by atoms with Crippen molar-refractivity contribution in [2.45, 2.75) is 44.8 Å². The molecule has 1 saturated carbocycles. The van der Waals surface area contributed by atoms with E-state index in [-0.39, 0.29) is 24.2 Å². The van der Waals surface area contributed by atoms with Crippen LogP contribution in [-0.2, 0) is 25.7 Å². The summed E-state index contributed by atoms with van der Waals surface area (Å²) < 4.78 is 5.04. The first-order chi connectivity index (χ1) is 15.9. The van der Waals surface area contributed by atoms with Crippen molar-refractivity contribution in [3.05, 3.63) is 70.8 Å². The van der Waals surface area contributed by atoms with Crippen LogP contribution in [0.3, 0.4) is 0 Å². The van der Waals surface area contributed by atoms with Gasteiger partial charge in [-0.2, -0.15) is 5.26 Å². The van der Waals surface area contributed by atoms with Crippen molar-refractivity contribution in [2.75, 3.05) is 7.11 Å². The van der Waals surface area contributed by atoms with Crippen LogP contribution < -0.4 is 5.32 Å². The Kier molecular flexibility index (Phi) is 6.45. The highest BCUT2D eigenvalue weighted by Crippen LogP contribution is 2.45. The average molecular weight is 446 g/mol. The smallest absolute Gasteiger partial charge is 0.311 e. The number of carbonyl (C=O) groups excluding carboxylic acids is 3. The maximum absolute atomic E-state index is 13.3. The summed E-state index contributed by atoms with van der Waals surface area (Å²) in [5.41, 5.74) is 3.29. The largest absolute Gasteiger partial charge is 0.469 e. The van der Waals surface area contributed by atoms with Crippen LogP contribution in [0.25, 0.3) is 0 Å². The minimum Gasteiger partial charge on any atom is -0.469 e. The van der Waals surface area contributed by atoms with Gasteiger partial charge in [0.1, 0.15) is 6.04 Å². The molecule has 7 nitrogen and oxygen atoms in total. The molecule has 1 saturated heterocycles. The molecule has 33 heavy (non-hydrogen) atoms. The Bertz CT molecular complexity index is 1080. The van der Waals surface area contributed by atoms with Gasteiger partial charge in [-0.05, 0) is 49.4 Å². The Labute approximate surface area is 193 Å². The first-order valence-corrected chi connectivity index (χ1v) is 11.2. The van der Waals surface area contributed by atoms with E-state index in [1.165, 1.54) is 7.11 Å². The second-order valence-corrected chi connectivity index (χ2v) is 8.78. The molecule has 1 aliphatic carbocycles. The molecule has 3 unspecified atom stereocenters. The Morgan fingerprint density at radius 2 is 1.76 bits per heavy atom. The van der Waals surface area contributed by atoms with Crippen LogP contribution in [0.4, 0.5) is 0 Å². The molecule has 3 atom stereocenters. The predicted octanol–water partition coefficient (Wildman–Crippen LogP) is 3.02. The van der Waals surface area contributed by atoms with Gasteiger partial charge in [0.25, 0.3) is 0 Å². The standard InChI is InChI=1S/C26H27N3O4/c1-16-3-5-18(6-4-16)15-28-24(30)22-13-21(26(32)33-2)23(29(22)25(31)20-11-12-20)19-9-7-17(14-27)8-10-19/h3-10,20-23H,11-13,15H2,1-2H3,(H,28,30). The summed E-state index contributed by atoms with van der Waals surface area (Å²) in [6.07, 6.45) is 1.77. The molecule has 1 aliphatic heterocycles. The van der Waals surface area contributed by atoms with Crippen molar-refractivity contribution >= 4 is 17.8 Å². The number of ether oxygens (including phenoxy) is 1. The van der Waals surface area contributed by atoms with Crippen LogP contribution in [-0.4, -0.2) is 35.8 Å². The molecular weight excluding hydrogens is 418 g/mol. The van der Waals surface area contributed by atoms with Crippen LogP contribution in [0.15, 0.2) is 48.5 Å². The van der Waals surface area contributed by atoms with Gasteiger partial charge in [-0.1, -0.05) is 42.0 Å². The quantitative estimate of drug-likeness (QED) is 0.689. The number of rotatable bonds is 6. The maximum atomic E-state index is 13.3. The van der Waals surface area contributed by atoms with E-state index < -0.39 is 24.0 Å². The molecule has 2 amide bonds. The lowest BCUT2D eigenvalue weighted by atomic mass is 9.92. The van der Waals surface area contributed by atoms with Gasteiger partial charge in [-0.25, -0.2) is 0 Å². The number of hydrogen-bond acceptors (Lipinski definition) is 5. The molecule has 1 N–H and O–H groups in total. The van der Waals surface area contributed by atoms with E-state index in [1.54, 1.807) is 29.2 Å². The van der Waals surface area contributed by atoms with Gasteiger partial charge < -0.3 is 15.0 Å². The fourth-order valence-electron chi connectivity index (χ4n) is 4.47. The molecule has 2 aliphatic rings. The Morgan fingerprint density at radius 3 is 2.33 bits per heavy atom. The second-order valence-electron chi connectivity index (χ2n) is 8.78. The summed E-state index contributed by atoms with van der Waals surface area (Å²) in [4.78, 5) is 40.9. The zero-order chi connectivity index (χ0) is 23.5. The highest BCUT2D eigenvalue weighted by molar-refractivity contribution is 5.92. The van der Waals surface area contributed by atoms with Crippen molar-refractivity contribution in [1.82, 2.24) is 10.2 Å². The number of nitriles is 1. The number of aryl methyl sites for hydroxylation is 1. The molecule has 1 heterocycles. The summed E-state index contributed by atoms with van der Waals surface area (Å²) in [5.74, 6) is -1.62. The molecule has 0 radical (unpaired) electrons. The van der Waals surface area contributed by atoms with E-state index in [4.69, 9.17) is 10.00 Å². The van der Waals surface area contributed by atoms with Crippen molar-refractivity contribution in [3.8, 4) is 6.07 Å². The molecular formula is C26H27N3O4. The summed E-state index contributed by atoms with van der Waals surface area (Å²) in [5, 5.41) is 12.1. The third kappa shape index (κ3) is 4.75. The molecule has 7 heteroatoms. The SMILES string of the molecule is COC(=O)C1CC(C(=O)NCc2ccc(C)cc2)N(C(=O)C2CC2)C1c1ccc(C#N)cc1. The number of nitrogens with one attached hydrogen (secondary N) is 1. The fraction of sp³-hybridized carbons (Fsp3) is 0.385. The predicted molar refractivity (Wildman–Crippen MR) is 120 cm³/mol. The highest BCUT2D eigenvalue weighted by Gasteiger charge is 2.53. The summed E-state index contributed by atoms with van der Waals surface area (Å²) >= 11 is 0. The Morgan fingerprint density at radius 1 is 1.09 bits per heavy atom. The first kappa shape index (κ1) is 22.5. The van der Waals surface area contributed by atoms with E-state index in [9.17, 15) is 14.4 Å². The van der Waals surface area contributed by atoms with E-state index in [0.29, 0.717) is 17.7 Å². The van der Waals surface area contributed by atoms with Gasteiger partial charge in [0, 0.05) is 12.5 Å². The third-order valence-corrected chi connectivity index (χ3v) is 6.45. The van der Waals surface area contributed by atoms with Gasteiger partial charge in [-0.3, -0.25) is 14.4 Å². The number of amides is 2. The summed E-state index contributed by atoms with van der Waals surface area (Å²) in [6.45, 7) is 2.34. The monoisotopic (exact) mass is 445 g/mol. The second kappa shape index (κ2) is 9.45. The van der Waals surface area contributed by atoms with Gasteiger partial charge >= 0.3 is 5.97 Å². The van der Waals surface area contributed by atoms with Gasteiger partial charge in [0.05, 0.1) is 30.7 Å².